The molecule has 0 radical (unpaired) electrons. The van der Waals surface area contributed by atoms with Crippen molar-refractivity contribution in [2.24, 2.45) is 0 Å². The molecule has 0 aliphatic heterocycles. The number of anilines is 1. The van der Waals surface area contributed by atoms with Crippen molar-refractivity contribution < 1.29 is 0 Å². The van der Waals surface area contributed by atoms with Crippen molar-refractivity contribution >= 4 is 5.69 Å². The van der Waals surface area contributed by atoms with E-state index < -0.39 is 0 Å². The molecule has 1 aromatic carbocycles. The van der Waals surface area contributed by atoms with Crippen LogP contribution in [-0.4, -0.2) is 18.6 Å². The van der Waals surface area contributed by atoms with Gasteiger partial charge in [0.1, 0.15) is 0 Å². The third-order valence-electron chi connectivity index (χ3n) is 4.56. The molecule has 1 aromatic rings. The molecule has 0 spiro atoms. The third-order valence-corrected chi connectivity index (χ3v) is 4.56. The predicted molar refractivity (Wildman–Crippen MR) is 86.3 cm³/mol. The van der Waals surface area contributed by atoms with Crippen molar-refractivity contribution in [3.8, 4) is 0 Å². The molecule has 2 heteroatoms. The highest BCUT2D eigenvalue weighted by Crippen LogP contribution is 2.33. The summed E-state index contributed by atoms with van der Waals surface area (Å²) in [5.74, 6) is 0. The Balaban J connectivity index is 1.66. The molecule has 2 aliphatic rings. The molecule has 2 saturated carbocycles. The summed E-state index contributed by atoms with van der Waals surface area (Å²) in [6, 6.07) is 8.68. The average molecular weight is 272 g/mol. The number of hydrogen-bond donors (Lipinski definition) is 1. The van der Waals surface area contributed by atoms with Gasteiger partial charge in [-0.15, -0.1) is 0 Å². The zero-order valence-corrected chi connectivity index (χ0v) is 13.0. The van der Waals surface area contributed by atoms with Gasteiger partial charge in [-0.25, -0.2) is 0 Å². The van der Waals surface area contributed by atoms with E-state index in [1.807, 2.05) is 0 Å². The van der Waals surface area contributed by atoms with Crippen molar-refractivity contribution in [2.45, 2.75) is 71.0 Å². The Morgan fingerprint density at radius 3 is 2.60 bits per heavy atom. The van der Waals surface area contributed by atoms with Crippen LogP contribution in [0.25, 0.3) is 0 Å². The summed E-state index contributed by atoms with van der Waals surface area (Å²) < 4.78 is 0. The second-order valence-electron chi connectivity index (χ2n) is 6.54. The van der Waals surface area contributed by atoms with Gasteiger partial charge in [0.2, 0.25) is 0 Å². The first-order valence-corrected chi connectivity index (χ1v) is 8.37. The van der Waals surface area contributed by atoms with Crippen LogP contribution in [0.15, 0.2) is 18.2 Å². The summed E-state index contributed by atoms with van der Waals surface area (Å²) in [5, 5.41) is 3.62. The second-order valence-corrected chi connectivity index (χ2v) is 6.54. The molecule has 110 valence electrons. The highest BCUT2D eigenvalue weighted by Gasteiger charge is 2.29. The Bertz CT molecular complexity index is 447. The number of aryl methyl sites for hydroxylation is 1. The number of hydrogen-bond acceptors (Lipinski definition) is 2. The first-order valence-electron chi connectivity index (χ1n) is 8.37. The molecule has 1 N–H and O–H groups in total. The normalized spacial score (nSPS) is 18.3. The molecule has 0 amide bonds. The highest BCUT2D eigenvalue weighted by atomic mass is 15.2. The van der Waals surface area contributed by atoms with Gasteiger partial charge in [-0.2, -0.15) is 0 Å². The van der Waals surface area contributed by atoms with Crippen LogP contribution in [0.2, 0.25) is 0 Å². The fraction of sp³-hybridized carbons (Fsp3) is 0.667. The number of nitrogens with zero attached hydrogens (tertiary/aromatic N) is 1. The van der Waals surface area contributed by atoms with Gasteiger partial charge in [-0.1, -0.05) is 19.4 Å². The van der Waals surface area contributed by atoms with E-state index in [1.165, 1.54) is 61.9 Å². The van der Waals surface area contributed by atoms with Gasteiger partial charge in [0, 0.05) is 30.9 Å². The molecule has 0 heterocycles. The third kappa shape index (κ3) is 3.54. The number of unbranched alkanes of at least 4 members (excludes halogenated alkanes) is 1. The monoisotopic (exact) mass is 272 g/mol. The lowest BCUT2D eigenvalue weighted by Gasteiger charge is -2.25. The first kappa shape index (κ1) is 13.9. The minimum absolute atomic E-state index is 0.793. The number of nitrogens with one attached hydrogen (secondary N) is 1. The van der Waals surface area contributed by atoms with Crippen LogP contribution in [0.1, 0.15) is 56.6 Å². The summed E-state index contributed by atoms with van der Waals surface area (Å²) in [5.41, 5.74) is 4.35. The van der Waals surface area contributed by atoms with Gasteiger partial charge in [0.25, 0.3) is 0 Å². The summed E-state index contributed by atoms with van der Waals surface area (Å²) >= 11 is 0. The number of benzene rings is 1. The Morgan fingerprint density at radius 1 is 1.20 bits per heavy atom. The molecule has 3 rings (SSSR count). The molecule has 0 bridgehead atoms. The Kier molecular flexibility index (Phi) is 4.30. The SMILES string of the molecule is CCCCN(c1ccc(CNC2CC2)c(C)c1)C1CC1. The van der Waals surface area contributed by atoms with Crippen molar-refractivity contribution in [2.75, 3.05) is 11.4 Å². The molecule has 0 atom stereocenters. The zero-order chi connectivity index (χ0) is 13.9. The van der Waals surface area contributed by atoms with E-state index in [4.69, 9.17) is 0 Å². The van der Waals surface area contributed by atoms with Crippen LogP contribution in [0.3, 0.4) is 0 Å². The maximum Gasteiger partial charge on any atom is 0.0371 e. The van der Waals surface area contributed by atoms with E-state index in [1.54, 1.807) is 0 Å². The summed E-state index contributed by atoms with van der Waals surface area (Å²) in [6.07, 6.45) is 8.08. The Morgan fingerprint density at radius 2 is 2.00 bits per heavy atom. The molecule has 20 heavy (non-hydrogen) atoms. The van der Waals surface area contributed by atoms with E-state index >= 15 is 0 Å². The minimum Gasteiger partial charge on any atom is -0.369 e. The van der Waals surface area contributed by atoms with Crippen LogP contribution in [0.5, 0.6) is 0 Å². The fourth-order valence-corrected chi connectivity index (χ4v) is 2.84. The minimum atomic E-state index is 0.793. The van der Waals surface area contributed by atoms with Crippen molar-refractivity contribution in [1.82, 2.24) is 5.32 Å². The van der Waals surface area contributed by atoms with Crippen molar-refractivity contribution in [1.29, 1.82) is 0 Å². The number of rotatable bonds is 8. The summed E-state index contributed by atoms with van der Waals surface area (Å²) in [6.45, 7) is 6.80. The average Bonchev–Trinajstić information content (AvgIpc) is 3.31. The molecular formula is C18H28N2. The van der Waals surface area contributed by atoms with Crippen LogP contribution < -0.4 is 10.2 Å². The fourth-order valence-electron chi connectivity index (χ4n) is 2.84. The molecule has 2 aliphatic carbocycles. The van der Waals surface area contributed by atoms with Gasteiger partial charge >= 0.3 is 0 Å². The highest BCUT2D eigenvalue weighted by molar-refractivity contribution is 5.52. The Labute approximate surface area is 123 Å². The Hall–Kier alpha value is -1.02. The maximum absolute atomic E-state index is 3.62. The smallest absolute Gasteiger partial charge is 0.0371 e. The molecule has 0 aromatic heterocycles. The molecule has 2 nitrogen and oxygen atoms in total. The molecule has 2 fully saturated rings. The van der Waals surface area contributed by atoms with E-state index in [9.17, 15) is 0 Å². The van der Waals surface area contributed by atoms with Gasteiger partial charge in [-0.3, -0.25) is 0 Å². The van der Waals surface area contributed by atoms with Crippen LogP contribution in [-0.2, 0) is 6.54 Å². The lowest BCUT2D eigenvalue weighted by Crippen LogP contribution is -2.27. The van der Waals surface area contributed by atoms with E-state index in [2.05, 4.69) is 42.3 Å². The van der Waals surface area contributed by atoms with Gasteiger partial charge < -0.3 is 10.2 Å². The predicted octanol–water partition coefficient (Wildman–Crippen LogP) is 4.02. The summed E-state index contributed by atoms with van der Waals surface area (Å²) in [7, 11) is 0. The lowest BCUT2D eigenvalue weighted by molar-refractivity contribution is 0.684. The van der Waals surface area contributed by atoms with Crippen molar-refractivity contribution in [3.63, 3.8) is 0 Å². The van der Waals surface area contributed by atoms with Crippen molar-refractivity contribution in [3.05, 3.63) is 29.3 Å². The van der Waals surface area contributed by atoms with Crippen LogP contribution in [0, 0.1) is 6.92 Å². The van der Waals surface area contributed by atoms with E-state index in [0.29, 0.717) is 0 Å². The zero-order valence-electron chi connectivity index (χ0n) is 13.0. The summed E-state index contributed by atoms with van der Waals surface area (Å²) in [4.78, 5) is 2.63. The first-order chi connectivity index (χ1) is 9.78. The van der Waals surface area contributed by atoms with Gasteiger partial charge in [0.05, 0.1) is 0 Å². The van der Waals surface area contributed by atoms with E-state index in [0.717, 1.165) is 18.6 Å². The largest absolute Gasteiger partial charge is 0.369 e. The van der Waals surface area contributed by atoms with Crippen LogP contribution >= 0.6 is 0 Å². The maximum atomic E-state index is 3.62. The van der Waals surface area contributed by atoms with Crippen LogP contribution in [0.4, 0.5) is 5.69 Å². The second kappa shape index (κ2) is 6.17. The lowest BCUT2D eigenvalue weighted by atomic mass is 10.1. The molecular weight excluding hydrogens is 244 g/mol. The van der Waals surface area contributed by atoms with Gasteiger partial charge in [0.15, 0.2) is 0 Å². The standard InChI is InChI=1S/C18H28N2/c1-3-4-11-20(17-9-10-17)18-8-5-15(14(2)12-18)13-19-16-6-7-16/h5,8,12,16-17,19H,3-4,6-7,9-11,13H2,1-2H3. The molecule has 0 saturated heterocycles. The molecule has 0 unspecified atom stereocenters. The topological polar surface area (TPSA) is 15.3 Å². The quantitative estimate of drug-likeness (QED) is 0.769. The van der Waals surface area contributed by atoms with E-state index in [-0.39, 0.29) is 0 Å². The van der Waals surface area contributed by atoms with Gasteiger partial charge in [-0.05, 0) is 62.3 Å².